The van der Waals surface area contributed by atoms with E-state index in [1.165, 1.54) is 6.42 Å². The number of nitrogens with zero attached hydrogens (tertiary/aromatic N) is 1. The zero-order chi connectivity index (χ0) is 13.2. The van der Waals surface area contributed by atoms with Gasteiger partial charge in [-0.2, -0.15) is 0 Å². The Morgan fingerprint density at radius 3 is 2.78 bits per heavy atom. The van der Waals surface area contributed by atoms with Crippen LogP contribution in [0, 0.1) is 5.41 Å². The number of carbonyl (C=O) groups is 2. The molecule has 2 atom stereocenters. The molecule has 0 aromatic heterocycles. The van der Waals surface area contributed by atoms with Crippen LogP contribution in [-0.2, 0) is 9.59 Å². The van der Waals surface area contributed by atoms with Crippen LogP contribution in [0.5, 0.6) is 0 Å². The molecule has 0 aliphatic carbocycles. The molecule has 0 aromatic rings. The van der Waals surface area contributed by atoms with Gasteiger partial charge in [0.05, 0.1) is 11.5 Å². The molecule has 3 N–H and O–H groups in total. The van der Waals surface area contributed by atoms with Crippen LogP contribution in [0.4, 0.5) is 0 Å². The highest BCUT2D eigenvalue weighted by Gasteiger charge is 2.41. The van der Waals surface area contributed by atoms with Gasteiger partial charge in [0.25, 0.3) is 0 Å². The number of rotatable bonds is 2. The average Bonchev–Trinajstić information content (AvgIpc) is 2.59. The molecule has 2 aliphatic heterocycles. The molecule has 2 fully saturated rings. The maximum Gasteiger partial charge on any atom is 0.239 e. The molecule has 2 aliphatic rings. The highest BCUT2D eigenvalue weighted by Crippen LogP contribution is 2.30. The third-order valence-electron chi connectivity index (χ3n) is 4.24. The molecule has 2 unspecified atom stereocenters. The Labute approximate surface area is 108 Å². The van der Waals surface area contributed by atoms with Crippen LogP contribution in [0.2, 0.25) is 0 Å². The van der Waals surface area contributed by atoms with Crippen molar-refractivity contribution < 1.29 is 9.59 Å². The summed E-state index contributed by atoms with van der Waals surface area (Å²) >= 11 is 0. The fourth-order valence-electron chi connectivity index (χ4n) is 2.81. The monoisotopic (exact) mass is 253 g/mol. The lowest BCUT2D eigenvalue weighted by atomic mass is 9.89. The summed E-state index contributed by atoms with van der Waals surface area (Å²) in [7, 11) is 0. The van der Waals surface area contributed by atoms with Gasteiger partial charge in [0.2, 0.25) is 11.8 Å². The van der Waals surface area contributed by atoms with Gasteiger partial charge in [-0.25, -0.2) is 0 Å². The van der Waals surface area contributed by atoms with Gasteiger partial charge in [-0.05, 0) is 32.7 Å². The number of nitrogens with one attached hydrogen (secondary N) is 1. The Morgan fingerprint density at radius 1 is 1.33 bits per heavy atom. The Bertz CT molecular complexity index is 337. The van der Waals surface area contributed by atoms with Crippen molar-refractivity contribution in [3.05, 3.63) is 0 Å². The van der Waals surface area contributed by atoms with E-state index in [0.29, 0.717) is 19.5 Å². The molecule has 0 bridgehead atoms. The lowest BCUT2D eigenvalue weighted by molar-refractivity contribution is -0.133. The molecule has 2 amide bonds. The van der Waals surface area contributed by atoms with E-state index in [9.17, 15) is 9.59 Å². The normalized spacial score (nSPS) is 33.2. The molecule has 0 radical (unpaired) electrons. The second kappa shape index (κ2) is 5.26. The van der Waals surface area contributed by atoms with E-state index in [2.05, 4.69) is 5.32 Å². The van der Waals surface area contributed by atoms with Crippen molar-refractivity contribution in [3.63, 3.8) is 0 Å². The number of primary amides is 1. The summed E-state index contributed by atoms with van der Waals surface area (Å²) in [6, 6.07) is -0.0669. The number of carbonyl (C=O) groups excluding carboxylic acids is 2. The maximum atomic E-state index is 12.4. The summed E-state index contributed by atoms with van der Waals surface area (Å²) in [6.45, 7) is 3.89. The number of nitrogens with two attached hydrogens (primary N) is 1. The van der Waals surface area contributed by atoms with Gasteiger partial charge in [0.1, 0.15) is 0 Å². The lowest BCUT2D eigenvalue weighted by Gasteiger charge is -2.25. The second-order valence-corrected chi connectivity index (χ2v) is 5.79. The van der Waals surface area contributed by atoms with Crippen molar-refractivity contribution in [2.24, 2.45) is 11.1 Å². The molecule has 2 heterocycles. The number of hydrogen-bond donors (Lipinski definition) is 2. The van der Waals surface area contributed by atoms with E-state index in [-0.39, 0.29) is 17.9 Å². The highest BCUT2D eigenvalue weighted by atomic mass is 16.2. The van der Waals surface area contributed by atoms with Crippen LogP contribution in [0.15, 0.2) is 0 Å². The van der Waals surface area contributed by atoms with Gasteiger partial charge in [-0.15, -0.1) is 0 Å². The maximum absolute atomic E-state index is 12.4. The van der Waals surface area contributed by atoms with Crippen molar-refractivity contribution in [3.8, 4) is 0 Å². The van der Waals surface area contributed by atoms with Gasteiger partial charge < -0.3 is 16.0 Å². The fraction of sp³-hybridized carbons (Fsp3) is 0.846. The minimum atomic E-state index is -0.541. The summed E-state index contributed by atoms with van der Waals surface area (Å²) < 4.78 is 0. The van der Waals surface area contributed by atoms with Crippen LogP contribution in [0.25, 0.3) is 0 Å². The molecule has 2 rings (SSSR count). The van der Waals surface area contributed by atoms with E-state index >= 15 is 0 Å². The molecule has 102 valence electrons. The zero-order valence-corrected chi connectivity index (χ0v) is 11.1. The first-order valence-electron chi connectivity index (χ1n) is 6.85. The topological polar surface area (TPSA) is 75.4 Å². The second-order valence-electron chi connectivity index (χ2n) is 5.79. The third-order valence-corrected chi connectivity index (χ3v) is 4.24. The number of hydrogen-bond acceptors (Lipinski definition) is 3. The third kappa shape index (κ3) is 2.66. The summed E-state index contributed by atoms with van der Waals surface area (Å²) in [5.74, 6) is -0.159. The molecule has 2 saturated heterocycles. The van der Waals surface area contributed by atoms with Gasteiger partial charge in [-0.3, -0.25) is 9.59 Å². The van der Waals surface area contributed by atoms with E-state index in [4.69, 9.17) is 5.73 Å². The summed E-state index contributed by atoms with van der Waals surface area (Å²) in [5, 5.41) is 3.31. The minimum Gasteiger partial charge on any atom is -0.369 e. The first-order chi connectivity index (χ1) is 8.53. The molecule has 0 saturated carbocycles. The first kappa shape index (κ1) is 13.3. The van der Waals surface area contributed by atoms with Crippen LogP contribution in [0.1, 0.15) is 39.0 Å². The molecule has 5 nitrogen and oxygen atoms in total. The van der Waals surface area contributed by atoms with Crippen molar-refractivity contribution >= 4 is 11.8 Å². The minimum absolute atomic E-state index is 0.0669. The van der Waals surface area contributed by atoms with E-state index in [1.54, 1.807) is 4.90 Å². The van der Waals surface area contributed by atoms with E-state index < -0.39 is 5.41 Å². The van der Waals surface area contributed by atoms with Gasteiger partial charge in [-0.1, -0.05) is 12.8 Å². The predicted octanol–water partition coefficient (Wildman–Crippen LogP) is 0.242. The van der Waals surface area contributed by atoms with Crippen molar-refractivity contribution in [1.82, 2.24) is 10.2 Å². The fourth-order valence-corrected chi connectivity index (χ4v) is 2.81. The van der Waals surface area contributed by atoms with E-state index in [1.807, 2.05) is 6.92 Å². The van der Waals surface area contributed by atoms with Crippen LogP contribution in [0.3, 0.4) is 0 Å². The van der Waals surface area contributed by atoms with Crippen molar-refractivity contribution in [2.45, 2.75) is 45.1 Å². The highest BCUT2D eigenvalue weighted by molar-refractivity contribution is 5.85. The zero-order valence-electron chi connectivity index (χ0n) is 11.1. The van der Waals surface area contributed by atoms with Crippen molar-refractivity contribution in [1.29, 1.82) is 0 Å². The predicted molar refractivity (Wildman–Crippen MR) is 68.8 cm³/mol. The quantitative estimate of drug-likeness (QED) is 0.740. The molecule has 5 heteroatoms. The van der Waals surface area contributed by atoms with Gasteiger partial charge >= 0.3 is 0 Å². The van der Waals surface area contributed by atoms with Crippen molar-refractivity contribution in [2.75, 3.05) is 19.6 Å². The van der Waals surface area contributed by atoms with Gasteiger partial charge in [0.15, 0.2) is 0 Å². The summed E-state index contributed by atoms with van der Waals surface area (Å²) in [5.41, 5.74) is 4.86. The van der Waals surface area contributed by atoms with Crippen LogP contribution in [-0.4, -0.2) is 42.4 Å². The molecule has 0 spiro atoms. The molecular weight excluding hydrogens is 230 g/mol. The SMILES string of the molecule is CC1(C(N)=O)CCN(C(=O)C2CCCCCN2)C1. The summed E-state index contributed by atoms with van der Waals surface area (Å²) in [6.07, 6.45) is 5.02. The Kier molecular flexibility index (Phi) is 3.90. The Morgan fingerprint density at radius 2 is 2.11 bits per heavy atom. The standard InChI is InChI=1S/C13H23N3O2/c1-13(12(14)18)6-8-16(9-13)11(17)10-5-3-2-4-7-15-10/h10,15H,2-9H2,1H3,(H2,14,18). The smallest absolute Gasteiger partial charge is 0.239 e. The van der Waals surface area contributed by atoms with E-state index in [0.717, 1.165) is 25.8 Å². The molecule has 0 aromatic carbocycles. The lowest BCUT2D eigenvalue weighted by Crippen LogP contribution is -2.47. The summed E-state index contributed by atoms with van der Waals surface area (Å²) in [4.78, 5) is 25.6. The Balaban J connectivity index is 1.96. The average molecular weight is 253 g/mol. The van der Waals surface area contributed by atoms with Crippen LogP contribution >= 0.6 is 0 Å². The number of amides is 2. The number of likely N-dealkylation sites (tertiary alicyclic amines) is 1. The van der Waals surface area contributed by atoms with Crippen LogP contribution < -0.4 is 11.1 Å². The Hall–Kier alpha value is -1.10. The van der Waals surface area contributed by atoms with Gasteiger partial charge in [0, 0.05) is 13.1 Å². The first-order valence-corrected chi connectivity index (χ1v) is 6.85. The largest absolute Gasteiger partial charge is 0.369 e. The molecular formula is C13H23N3O2. The molecule has 18 heavy (non-hydrogen) atoms.